The van der Waals surface area contributed by atoms with E-state index >= 15 is 0 Å². The van der Waals surface area contributed by atoms with Crippen LogP contribution in [0.5, 0.6) is 0 Å². The lowest BCUT2D eigenvalue weighted by atomic mass is 9.99. The van der Waals surface area contributed by atoms with Crippen LogP contribution < -0.4 is 5.32 Å². The molecule has 0 aliphatic rings. The second kappa shape index (κ2) is 6.25. The van der Waals surface area contributed by atoms with Crippen molar-refractivity contribution in [3.8, 4) is 0 Å². The number of rotatable bonds is 5. The van der Waals surface area contributed by atoms with Gasteiger partial charge in [0.1, 0.15) is 0 Å². The third kappa shape index (κ3) is 4.40. The maximum Gasteiger partial charge on any atom is 0.418 e. The minimum Gasteiger partial charge on any atom is -0.394 e. The summed E-state index contributed by atoms with van der Waals surface area (Å²) in [6.45, 7) is 3.00. The molecular formula is C13H18F3NO2. The first-order chi connectivity index (χ1) is 8.75. The Balaban J connectivity index is 3.03. The zero-order chi connectivity index (χ0) is 14.6. The van der Waals surface area contributed by atoms with Crippen molar-refractivity contribution in [1.29, 1.82) is 0 Å². The highest BCUT2D eigenvalue weighted by atomic mass is 19.4. The average Bonchev–Trinajstić information content (AvgIpc) is 2.34. The minimum atomic E-state index is -4.46. The van der Waals surface area contributed by atoms with Crippen molar-refractivity contribution in [3.63, 3.8) is 0 Å². The molecule has 3 N–H and O–H groups in total. The SMILES string of the molecule is CC(C)c1ccc(NCC(O)CO)c(C(F)(F)F)c1. The monoisotopic (exact) mass is 277 g/mol. The summed E-state index contributed by atoms with van der Waals surface area (Å²) in [5.41, 5.74) is -0.256. The molecule has 6 heteroatoms. The fraction of sp³-hybridized carbons (Fsp3) is 0.538. The van der Waals surface area contributed by atoms with Gasteiger partial charge in [-0.05, 0) is 23.6 Å². The fourth-order valence-corrected chi connectivity index (χ4v) is 1.60. The molecule has 0 aliphatic heterocycles. The molecule has 0 fully saturated rings. The van der Waals surface area contributed by atoms with Crippen LogP contribution in [0.1, 0.15) is 30.9 Å². The zero-order valence-electron chi connectivity index (χ0n) is 10.8. The second-order valence-electron chi connectivity index (χ2n) is 4.67. The molecule has 3 nitrogen and oxygen atoms in total. The number of hydrogen-bond donors (Lipinski definition) is 3. The van der Waals surface area contributed by atoms with E-state index in [2.05, 4.69) is 5.32 Å². The predicted octanol–water partition coefficient (Wildman–Crippen LogP) is 2.59. The van der Waals surface area contributed by atoms with E-state index in [1.807, 2.05) is 13.8 Å². The van der Waals surface area contributed by atoms with Gasteiger partial charge < -0.3 is 15.5 Å². The minimum absolute atomic E-state index is 0.00168. The average molecular weight is 277 g/mol. The van der Waals surface area contributed by atoms with Crippen LogP contribution in [-0.4, -0.2) is 29.5 Å². The molecular weight excluding hydrogens is 259 g/mol. The lowest BCUT2D eigenvalue weighted by Crippen LogP contribution is -2.24. The van der Waals surface area contributed by atoms with Gasteiger partial charge in [0.15, 0.2) is 0 Å². The molecule has 108 valence electrons. The summed E-state index contributed by atoms with van der Waals surface area (Å²) in [6.07, 6.45) is -5.55. The Kier molecular flexibility index (Phi) is 5.20. The first-order valence-electron chi connectivity index (χ1n) is 5.99. The van der Waals surface area contributed by atoms with Gasteiger partial charge in [-0.15, -0.1) is 0 Å². The summed E-state index contributed by atoms with van der Waals surface area (Å²) in [5, 5.41) is 20.3. The molecule has 0 saturated heterocycles. The van der Waals surface area contributed by atoms with Crippen molar-refractivity contribution in [2.45, 2.75) is 32.0 Å². The zero-order valence-corrected chi connectivity index (χ0v) is 10.8. The van der Waals surface area contributed by atoms with Gasteiger partial charge in [0.05, 0.1) is 18.3 Å². The molecule has 1 rings (SSSR count). The van der Waals surface area contributed by atoms with Crippen molar-refractivity contribution in [1.82, 2.24) is 0 Å². The van der Waals surface area contributed by atoms with Gasteiger partial charge in [-0.1, -0.05) is 19.9 Å². The Morgan fingerprint density at radius 3 is 2.37 bits per heavy atom. The van der Waals surface area contributed by atoms with E-state index in [4.69, 9.17) is 10.2 Å². The second-order valence-corrected chi connectivity index (χ2v) is 4.67. The Morgan fingerprint density at radius 2 is 1.89 bits per heavy atom. The number of aliphatic hydroxyl groups excluding tert-OH is 2. The molecule has 0 heterocycles. The Bertz CT molecular complexity index is 419. The smallest absolute Gasteiger partial charge is 0.394 e. The van der Waals surface area contributed by atoms with Crippen LogP contribution in [0.2, 0.25) is 0 Å². The third-order valence-electron chi connectivity index (χ3n) is 2.75. The van der Waals surface area contributed by atoms with Crippen LogP contribution in [0.3, 0.4) is 0 Å². The number of benzene rings is 1. The van der Waals surface area contributed by atoms with Crippen molar-refractivity contribution in [3.05, 3.63) is 29.3 Å². The van der Waals surface area contributed by atoms with E-state index in [0.29, 0.717) is 5.56 Å². The molecule has 0 saturated carbocycles. The van der Waals surface area contributed by atoms with Gasteiger partial charge in [-0.25, -0.2) is 0 Å². The highest BCUT2D eigenvalue weighted by molar-refractivity contribution is 5.54. The summed E-state index contributed by atoms with van der Waals surface area (Å²) in [6, 6.07) is 4.08. The van der Waals surface area contributed by atoms with Crippen LogP contribution in [0.4, 0.5) is 18.9 Å². The van der Waals surface area contributed by atoms with Crippen LogP contribution in [0.15, 0.2) is 18.2 Å². The molecule has 1 unspecified atom stereocenters. The summed E-state index contributed by atoms with van der Waals surface area (Å²) in [4.78, 5) is 0. The highest BCUT2D eigenvalue weighted by Crippen LogP contribution is 2.36. The molecule has 0 aromatic heterocycles. The third-order valence-corrected chi connectivity index (χ3v) is 2.75. The van der Waals surface area contributed by atoms with Crippen molar-refractivity contribution < 1.29 is 23.4 Å². The summed E-state index contributed by atoms with van der Waals surface area (Å²) < 4.78 is 38.8. The molecule has 0 amide bonds. The number of anilines is 1. The number of hydrogen-bond acceptors (Lipinski definition) is 3. The lowest BCUT2D eigenvalue weighted by Gasteiger charge is -2.18. The first-order valence-corrected chi connectivity index (χ1v) is 5.99. The fourth-order valence-electron chi connectivity index (χ4n) is 1.60. The number of halogens is 3. The van der Waals surface area contributed by atoms with E-state index in [9.17, 15) is 13.2 Å². The van der Waals surface area contributed by atoms with E-state index in [0.717, 1.165) is 6.07 Å². The van der Waals surface area contributed by atoms with Crippen LogP contribution in [-0.2, 0) is 6.18 Å². The largest absolute Gasteiger partial charge is 0.418 e. The van der Waals surface area contributed by atoms with Gasteiger partial charge in [-0.2, -0.15) is 13.2 Å². The predicted molar refractivity (Wildman–Crippen MR) is 67.1 cm³/mol. The van der Waals surface area contributed by atoms with Crippen molar-refractivity contribution in [2.75, 3.05) is 18.5 Å². The molecule has 0 radical (unpaired) electrons. The van der Waals surface area contributed by atoms with E-state index in [1.165, 1.54) is 6.07 Å². The maximum atomic E-state index is 12.9. The number of alkyl halides is 3. The van der Waals surface area contributed by atoms with Gasteiger partial charge in [0.25, 0.3) is 0 Å². The van der Waals surface area contributed by atoms with Crippen LogP contribution in [0.25, 0.3) is 0 Å². The number of aliphatic hydroxyl groups is 2. The van der Waals surface area contributed by atoms with E-state index in [-0.39, 0.29) is 18.2 Å². The summed E-state index contributed by atoms with van der Waals surface area (Å²) in [7, 11) is 0. The molecule has 1 atom stereocenters. The maximum absolute atomic E-state index is 12.9. The molecule has 19 heavy (non-hydrogen) atoms. The molecule has 0 bridgehead atoms. The van der Waals surface area contributed by atoms with Crippen LogP contribution in [0, 0.1) is 0 Å². The molecule has 0 aliphatic carbocycles. The Morgan fingerprint density at radius 1 is 1.26 bits per heavy atom. The summed E-state index contributed by atoms with van der Waals surface area (Å²) in [5.74, 6) is -0.00168. The van der Waals surface area contributed by atoms with Crippen molar-refractivity contribution >= 4 is 5.69 Å². The van der Waals surface area contributed by atoms with E-state index in [1.54, 1.807) is 6.07 Å². The van der Waals surface area contributed by atoms with Crippen LogP contribution >= 0.6 is 0 Å². The van der Waals surface area contributed by atoms with Gasteiger partial charge in [-0.3, -0.25) is 0 Å². The Labute approximate surface area is 110 Å². The Hall–Kier alpha value is -1.27. The molecule has 0 spiro atoms. The lowest BCUT2D eigenvalue weighted by molar-refractivity contribution is -0.137. The topological polar surface area (TPSA) is 52.5 Å². The van der Waals surface area contributed by atoms with Gasteiger partial charge >= 0.3 is 6.18 Å². The first kappa shape index (κ1) is 15.8. The highest BCUT2D eigenvalue weighted by Gasteiger charge is 2.34. The van der Waals surface area contributed by atoms with Crippen molar-refractivity contribution in [2.24, 2.45) is 0 Å². The van der Waals surface area contributed by atoms with Gasteiger partial charge in [0.2, 0.25) is 0 Å². The summed E-state index contributed by atoms with van der Waals surface area (Å²) >= 11 is 0. The molecule has 1 aromatic rings. The van der Waals surface area contributed by atoms with E-state index < -0.39 is 24.5 Å². The van der Waals surface area contributed by atoms with Gasteiger partial charge in [0, 0.05) is 12.2 Å². The quantitative estimate of drug-likeness (QED) is 0.775. The number of nitrogens with one attached hydrogen (secondary N) is 1. The molecule has 1 aromatic carbocycles. The normalized spacial score (nSPS) is 13.7. The standard InChI is InChI=1S/C13H18F3NO2/c1-8(2)9-3-4-12(17-6-10(19)7-18)11(5-9)13(14,15)16/h3-5,8,10,17-19H,6-7H2,1-2H3.